The molecule has 20 heavy (non-hydrogen) atoms. The molecule has 1 unspecified atom stereocenters. The van der Waals surface area contributed by atoms with E-state index in [9.17, 15) is 0 Å². The van der Waals surface area contributed by atoms with Crippen LogP contribution in [0.15, 0.2) is 34.9 Å². The Hall–Kier alpha value is -2.17. The largest absolute Gasteiger partial charge is 0.473 e. The lowest BCUT2D eigenvalue weighted by atomic mass is 10.2. The Morgan fingerprint density at radius 1 is 1.30 bits per heavy atom. The summed E-state index contributed by atoms with van der Waals surface area (Å²) in [6, 6.07) is 7.69. The highest BCUT2D eigenvalue weighted by Crippen LogP contribution is 2.22. The standard InChI is InChI=1S/C15H21N3O2/c1-10(2)20-15-13(16)6-7-14(18-15)17-11(3)9-12-5-4-8-19-12/h4-8,10-11H,9,16H2,1-3H3,(H,17,18). The smallest absolute Gasteiger partial charge is 0.239 e. The fourth-order valence-electron chi connectivity index (χ4n) is 1.88. The first kappa shape index (κ1) is 14.2. The van der Waals surface area contributed by atoms with Crippen molar-refractivity contribution < 1.29 is 9.15 Å². The van der Waals surface area contributed by atoms with E-state index >= 15 is 0 Å². The number of aromatic nitrogens is 1. The van der Waals surface area contributed by atoms with E-state index in [-0.39, 0.29) is 12.1 Å². The van der Waals surface area contributed by atoms with E-state index < -0.39 is 0 Å². The summed E-state index contributed by atoms with van der Waals surface area (Å²) in [6.45, 7) is 5.96. The van der Waals surface area contributed by atoms with E-state index in [1.54, 1.807) is 12.3 Å². The Morgan fingerprint density at radius 3 is 2.75 bits per heavy atom. The molecule has 108 valence electrons. The van der Waals surface area contributed by atoms with Gasteiger partial charge in [-0.05, 0) is 45.0 Å². The van der Waals surface area contributed by atoms with Crippen molar-refractivity contribution in [3.8, 4) is 5.88 Å². The van der Waals surface area contributed by atoms with Gasteiger partial charge in [0.2, 0.25) is 5.88 Å². The van der Waals surface area contributed by atoms with Gasteiger partial charge < -0.3 is 20.2 Å². The lowest BCUT2D eigenvalue weighted by Gasteiger charge is -2.16. The van der Waals surface area contributed by atoms with Gasteiger partial charge in [-0.3, -0.25) is 0 Å². The van der Waals surface area contributed by atoms with Crippen LogP contribution < -0.4 is 15.8 Å². The van der Waals surface area contributed by atoms with E-state index in [1.807, 2.05) is 32.0 Å². The second-order valence-corrected chi connectivity index (χ2v) is 5.09. The second kappa shape index (κ2) is 6.32. The maximum Gasteiger partial charge on any atom is 0.239 e. The van der Waals surface area contributed by atoms with E-state index in [0.29, 0.717) is 11.6 Å². The minimum absolute atomic E-state index is 0.0422. The van der Waals surface area contributed by atoms with Crippen LogP contribution in [-0.2, 0) is 6.42 Å². The minimum Gasteiger partial charge on any atom is -0.473 e. The van der Waals surface area contributed by atoms with Crippen LogP contribution >= 0.6 is 0 Å². The number of nitrogens with one attached hydrogen (secondary N) is 1. The molecular formula is C15H21N3O2. The average Bonchev–Trinajstić information content (AvgIpc) is 2.85. The highest BCUT2D eigenvalue weighted by molar-refractivity contribution is 5.53. The van der Waals surface area contributed by atoms with E-state index in [1.165, 1.54) is 0 Å². The first-order valence-electron chi connectivity index (χ1n) is 6.76. The van der Waals surface area contributed by atoms with Crippen LogP contribution in [0.3, 0.4) is 0 Å². The van der Waals surface area contributed by atoms with Gasteiger partial charge in [0, 0.05) is 12.5 Å². The van der Waals surface area contributed by atoms with Crippen LogP contribution in [0.1, 0.15) is 26.5 Å². The molecule has 0 spiro atoms. The SMILES string of the molecule is CC(Cc1ccco1)Nc1ccc(N)c(OC(C)C)n1. The summed E-state index contributed by atoms with van der Waals surface area (Å²) in [4.78, 5) is 4.39. The van der Waals surface area contributed by atoms with Crippen LogP contribution in [0.5, 0.6) is 5.88 Å². The summed E-state index contributed by atoms with van der Waals surface area (Å²) < 4.78 is 10.9. The Kier molecular flexibility index (Phi) is 4.50. The van der Waals surface area contributed by atoms with Gasteiger partial charge in [-0.25, -0.2) is 0 Å². The fraction of sp³-hybridized carbons (Fsp3) is 0.400. The van der Waals surface area contributed by atoms with Crippen molar-refractivity contribution in [2.45, 2.75) is 39.3 Å². The van der Waals surface area contributed by atoms with Crippen LogP contribution in [0.2, 0.25) is 0 Å². The molecule has 3 N–H and O–H groups in total. The third-order valence-electron chi connectivity index (χ3n) is 2.72. The monoisotopic (exact) mass is 275 g/mol. The molecule has 0 aromatic carbocycles. The number of hydrogen-bond acceptors (Lipinski definition) is 5. The first-order chi connectivity index (χ1) is 9.54. The molecule has 0 bridgehead atoms. The second-order valence-electron chi connectivity index (χ2n) is 5.09. The molecule has 2 rings (SSSR count). The summed E-state index contributed by atoms with van der Waals surface area (Å²) in [5.41, 5.74) is 6.39. The molecule has 0 aliphatic carbocycles. The first-order valence-corrected chi connectivity index (χ1v) is 6.76. The topological polar surface area (TPSA) is 73.3 Å². The van der Waals surface area contributed by atoms with Crippen molar-refractivity contribution >= 4 is 11.5 Å². The molecule has 0 fully saturated rings. The van der Waals surface area contributed by atoms with Crippen LogP contribution in [0.25, 0.3) is 0 Å². The molecule has 2 heterocycles. The van der Waals surface area contributed by atoms with Crippen molar-refractivity contribution in [2.24, 2.45) is 0 Å². The van der Waals surface area contributed by atoms with Crippen molar-refractivity contribution in [2.75, 3.05) is 11.1 Å². The fourth-order valence-corrected chi connectivity index (χ4v) is 1.88. The summed E-state index contributed by atoms with van der Waals surface area (Å²) >= 11 is 0. The zero-order chi connectivity index (χ0) is 14.5. The van der Waals surface area contributed by atoms with Gasteiger partial charge in [0.1, 0.15) is 11.6 Å². The van der Waals surface area contributed by atoms with Crippen molar-refractivity contribution in [3.63, 3.8) is 0 Å². The predicted molar refractivity (Wildman–Crippen MR) is 79.9 cm³/mol. The minimum atomic E-state index is 0.0422. The average molecular weight is 275 g/mol. The van der Waals surface area contributed by atoms with E-state index in [4.69, 9.17) is 14.9 Å². The number of nitrogens with zero attached hydrogens (tertiary/aromatic N) is 1. The lowest BCUT2D eigenvalue weighted by Crippen LogP contribution is -2.19. The van der Waals surface area contributed by atoms with Crippen molar-refractivity contribution in [3.05, 3.63) is 36.3 Å². The highest BCUT2D eigenvalue weighted by Gasteiger charge is 2.10. The van der Waals surface area contributed by atoms with Crippen LogP contribution in [0.4, 0.5) is 11.5 Å². The van der Waals surface area contributed by atoms with Crippen molar-refractivity contribution in [1.82, 2.24) is 4.98 Å². The zero-order valence-electron chi connectivity index (χ0n) is 12.1. The predicted octanol–water partition coefficient (Wildman–Crippen LogP) is 3.09. The Bertz CT molecular complexity index is 538. The van der Waals surface area contributed by atoms with E-state index in [0.717, 1.165) is 18.0 Å². The molecule has 0 radical (unpaired) electrons. The maximum atomic E-state index is 5.85. The number of nitrogen functional groups attached to an aromatic ring is 1. The molecule has 2 aromatic heterocycles. The lowest BCUT2D eigenvalue weighted by molar-refractivity contribution is 0.234. The number of furan rings is 1. The third kappa shape index (κ3) is 3.91. The number of anilines is 2. The van der Waals surface area contributed by atoms with E-state index in [2.05, 4.69) is 17.2 Å². The summed E-state index contributed by atoms with van der Waals surface area (Å²) in [7, 11) is 0. The van der Waals surface area contributed by atoms with Crippen LogP contribution in [0, 0.1) is 0 Å². The Morgan fingerprint density at radius 2 is 2.10 bits per heavy atom. The normalized spacial score (nSPS) is 12.4. The molecule has 0 saturated carbocycles. The number of rotatable bonds is 6. The molecule has 2 aromatic rings. The molecule has 0 saturated heterocycles. The number of ether oxygens (including phenoxy) is 1. The third-order valence-corrected chi connectivity index (χ3v) is 2.72. The zero-order valence-corrected chi connectivity index (χ0v) is 12.1. The van der Waals surface area contributed by atoms with Gasteiger partial charge in [-0.2, -0.15) is 4.98 Å². The Balaban J connectivity index is 2.01. The molecule has 5 nitrogen and oxygen atoms in total. The van der Waals surface area contributed by atoms with Gasteiger partial charge in [0.15, 0.2) is 0 Å². The van der Waals surface area contributed by atoms with Crippen molar-refractivity contribution in [1.29, 1.82) is 0 Å². The van der Waals surface area contributed by atoms with Gasteiger partial charge in [0.25, 0.3) is 0 Å². The van der Waals surface area contributed by atoms with Gasteiger partial charge in [-0.15, -0.1) is 0 Å². The number of hydrogen-bond donors (Lipinski definition) is 2. The highest BCUT2D eigenvalue weighted by atomic mass is 16.5. The molecule has 0 amide bonds. The number of pyridine rings is 1. The molecule has 1 atom stereocenters. The summed E-state index contributed by atoms with van der Waals surface area (Å²) in [6.07, 6.45) is 2.51. The van der Waals surface area contributed by atoms with Gasteiger partial charge >= 0.3 is 0 Å². The van der Waals surface area contributed by atoms with Gasteiger partial charge in [-0.1, -0.05) is 0 Å². The molecule has 5 heteroatoms. The Labute approximate surface area is 119 Å². The summed E-state index contributed by atoms with van der Waals surface area (Å²) in [5, 5.41) is 3.31. The quantitative estimate of drug-likeness (QED) is 0.847. The number of nitrogens with two attached hydrogens (primary N) is 1. The molecule has 0 aliphatic heterocycles. The molecule has 0 aliphatic rings. The van der Waals surface area contributed by atoms with Gasteiger partial charge in [0.05, 0.1) is 18.1 Å². The van der Waals surface area contributed by atoms with Crippen LogP contribution in [-0.4, -0.2) is 17.1 Å². The maximum absolute atomic E-state index is 5.85. The summed E-state index contributed by atoms with van der Waals surface area (Å²) in [5.74, 6) is 2.16. The molecular weight excluding hydrogens is 254 g/mol.